The summed E-state index contributed by atoms with van der Waals surface area (Å²) in [5, 5.41) is 3.11. The lowest BCUT2D eigenvalue weighted by Crippen LogP contribution is -2.47. The minimum absolute atomic E-state index is 0.271. The van der Waals surface area contributed by atoms with Crippen LogP contribution in [0, 0.1) is 5.82 Å². The van der Waals surface area contributed by atoms with Crippen LogP contribution in [-0.4, -0.2) is 47.7 Å². The van der Waals surface area contributed by atoms with Gasteiger partial charge in [0.2, 0.25) is 5.95 Å². The molecule has 22 heavy (non-hydrogen) atoms. The van der Waals surface area contributed by atoms with Crippen LogP contribution < -0.4 is 15.1 Å². The Morgan fingerprint density at radius 2 is 1.86 bits per heavy atom. The number of aromatic nitrogens is 3. The van der Waals surface area contributed by atoms with Crippen LogP contribution in [0.3, 0.4) is 0 Å². The summed E-state index contributed by atoms with van der Waals surface area (Å²) in [5.74, 6) is 1.69. The fourth-order valence-electron chi connectivity index (χ4n) is 2.53. The van der Waals surface area contributed by atoms with Crippen molar-refractivity contribution in [2.75, 3.05) is 47.8 Å². The van der Waals surface area contributed by atoms with Gasteiger partial charge in [-0.3, -0.25) is 0 Å². The van der Waals surface area contributed by atoms with Crippen LogP contribution in [0.4, 0.5) is 22.0 Å². The fraction of sp³-hybridized carbons (Fsp3) is 0.400. The van der Waals surface area contributed by atoms with Gasteiger partial charge in [0.15, 0.2) is 11.6 Å². The largest absolute Gasteiger partial charge is 0.354 e. The van der Waals surface area contributed by atoms with Gasteiger partial charge in [0.25, 0.3) is 0 Å². The SMILES string of the molecule is CCNc1nccc(N2CCN(c3ncccc3F)CC2)n1. The van der Waals surface area contributed by atoms with Crippen molar-refractivity contribution >= 4 is 17.6 Å². The van der Waals surface area contributed by atoms with Crippen molar-refractivity contribution in [3.8, 4) is 0 Å². The number of anilines is 3. The van der Waals surface area contributed by atoms with Crippen LogP contribution in [0.5, 0.6) is 0 Å². The third-order valence-corrected chi connectivity index (χ3v) is 3.62. The summed E-state index contributed by atoms with van der Waals surface area (Å²) in [6.45, 7) is 5.78. The van der Waals surface area contributed by atoms with Crippen LogP contribution in [0.15, 0.2) is 30.6 Å². The van der Waals surface area contributed by atoms with E-state index in [4.69, 9.17) is 0 Å². The van der Waals surface area contributed by atoms with Crippen molar-refractivity contribution in [1.29, 1.82) is 0 Å². The van der Waals surface area contributed by atoms with Gasteiger partial charge in [0, 0.05) is 45.1 Å². The second-order valence-corrected chi connectivity index (χ2v) is 5.05. The predicted octanol–water partition coefficient (Wildman–Crippen LogP) is 1.77. The third-order valence-electron chi connectivity index (χ3n) is 3.62. The molecule has 3 heterocycles. The average Bonchev–Trinajstić information content (AvgIpc) is 2.56. The zero-order valence-corrected chi connectivity index (χ0v) is 12.5. The van der Waals surface area contributed by atoms with E-state index < -0.39 is 0 Å². The fourth-order valence-corrected chi connectivity index (χ4v) is 2.53. The Bertz CT molecular complexity index is 627. The first-order valence-electron chi connectivity index (χ1n) is 7.45. The standard InChI is InChI=1S/C15H19FN6/c1-2-17-15-19-7-5-13(20-15)21-8-10-22(11-9-21)14-12(16)4-3-6-18-14/h3-7H,2,8-11H2,1H3,(H,17,19,20). The number of rotatable bonds is 4. The van der Waals surface area contributed by atoms with Gasteiger partial charge in [-0.25, -0.2) is 14.4 Å². The maximum absolute atomic E-state index is 13.8. The number of hydrogen-bond donors (Lipinski definition) is 1. The molecule has 0 radical (unpaired) electrons. The Morgan fingerprint density at radius 3 is 2.59 bits per heavy atom. The zero-order valence-electron chi connectivity index (χ0n) is 12.5. The van der Waals surface area contributed by atoms with Crippen molar-refractivity contribution in [1.82, 2.24) is 15.0 Å². The Hall–Kier alpha value is -2.44. The molecule has 0 spiro atoms. The predicted molar refractivity (Wildman–Crippen MR) is 84.8 cm³/mol. The topological polar surface area (TPSA) is 57.2 Å². The molecule has 1 N–H and O–H groups in total. The van der Waals surface area contributed by atoms with E-state index in [1.807, 2.05) is 17.9 Å². The Kier molecular flexibility index (Phi) is 4.32. The maximum atomic E-state index is 13.8. The molecular formula is C15H19FN6. The van der Waals surface area contributed by atoms with Crippen LogP contribution in [0.2, 0.25) is 0 Å². The molecule has 1 aliphatic rings. The highest BCUT2D eigenvalue weighted by atomic mass is 19.1. The summed E-state index contributed by atoms with van der Waals surface area (Å²) < 4.78 is 13.8. The van der Waals surface area contributed by atoms with Crippen molar-refractivity contribution in [2.24, 2.45) is 0 Å². The van der Waals surface area contributed by atoms with Crippen LogP contribution in [-0.2, 0) is 0 Å². The normalized spacial score (nSPS) is 15.0. The molecule has 1 fully saturated rings. The van der Waals surface area contributed by atoms with E-state index in [2.05, 4.69) is 25.2 Å². The summed E-state index contributed by atoms with van der Waals surface area (Å²) in [5.41, 5.74) is 0. The number of piperazine rings is 1. The minimum atomic E-state index is -0.271. The molecule has 3 rings (SSSR count). The summed E-state index contributed by atoms with van der Waals surface area (Å²) in [6.07, 6.45) is 3.38. The highest BCUT2D eigenvalue weighted by Crippen LogP contribution is 2.20. The number of nitrogens with zero attached hydrogens (tertiary/aromatic N) is 5. The van der Waals surface area contributed by atoms with Gasteiger partial charge in [-0.05, 0) is 25.1 Å². The van der Waals surface area contributed by atoms with Crippen molar-refractivity contribution < 1.29 is 4.39 Å². The molecule has 0 amide bonds. The molecule has 1 aliphatic heterocycles. The van der Waals surface area contributed by atoms with E-state index in [9.17, 15) is 4.39 Å². The second-order valence-electron chi connectivity index (χ2n) is 5.05. The van der Waals surface area contributed by atoms with Gasteiger partial charge < -0.3 is 15.1 Å². The average molecular weight is 302 g/mol. The lowest BCUT2D eigenvalue weighted by atomic mass is 10.3. The molecule has 0 unspecified atom stereocenters. The quantitative estimate of drug-likeness (QED) is 0.929. The van der Waals surface area contributed by atoms with Crippen LogP contribution in [0.1, 0.15) is 6.92 Å². The second kappa shape index (κ2) is 6.55. The first kappa shape index (κ1) is 14.5. The first-order chi connectivity index (χ1) is 10.8. The van der Waals surface area contributed by atoms with E-state index in [1.54, 1.807) is 18.5 Å². The molecule has 2 aromatic heterocycles. The van der Waals surface area contributed by atoms with Gasteiger partial charge in [-0.1, -0.05) is 0 Å². The van der Waals surface area contributed by atoms with E-state index in [-0.39, 0.29) is 5.82 Å². The molecule has 116 valence electrons. The number of pyridine rings is 1. The molecule has 6 nitrogen and oxygen atoms in total. The van der Waals surface area contributed by atoms with Gasteiger partial charge in [-0.15, -0.1) is 0 Å². The number of nitrogens with one attached hydrogen (secondary N) is 1. The molecular weight excluding hydrogens is 283 g/mol. The molecule has 1 saturated heterocycles. The lowest BCUT2D eigenvalue weighted by molar-refractivity contribution is 0.587. The number of halogens is 1. The highest BCUT2D eigenvalue weighted by Gasteiger charge is 2.21. The smallest absolute Gasteiger partial charge is 0.224 e. The van der Waals surface area contributed by atoms with E-state index in [1.165, 1.54) is 6.07 Å². The minimum Gasteiger partial charge on any atom is -0.354 e. The monoisotopic (exact) mass is 302 g/mol. The number of hydrogen-bond acceptors (Lipinski definition) is 6. The molecule has 0 saturated carbocycles. The molecule has 0 aliphatic carbocycles. The summed E-state index contributed by atoms with van der Waals surface area (Å²) in [6, 6.07) is 4.96. The van der Waals surface area contributed by atoms with Crippen molar-refractivity contribution in [2.45, 2.75) is 6.92 Å². The van der Waals surface area contributed by atoms with Gasteiger partial charge >= 0.3 is 0 Å². The third kappa shape index (κ3) is 3.08. The van der Waals surface area contributed by atoms with Crippen molar-refractivity contribution in [3.63, 3.8) is 0 Å². The van der Waals surface area contributed by atoms with Crippen molar-refractivity contribution in [3.05, 3.63) is 36.4 Å². The lowest BCUT2D eigenvalue weighted by Gasteiger charge is -2.36. The Labute approximate surface area is 129 Å². The molecule has 0 aromatic carbocycles. The summed E-state index contributed by atoms with van der Waals surface area (Å²) >= 11 is 0. The van der Waals surface area contributed by atoms with Gasteiger partial charge in [0.05, 0.1) is 0 Å². The Balaban J connectivity index is 1.67. The first-order valence-corrected chi connectivity index (χ1v) is 7.45. The maximum Gasteiger partial charge on any atom is 0.224 e. The summed E-state index contributed by atoms with van der Waals surface area (Å²) in [4.78, 5) is 17.0. The highest BCUT2D eigenvalue weighted by molar-refractivity contribution is 5.47. The molecule has 2 aromatic rings. The van der Waals surface area contributed by atoms with Gasteiger partial charge in [0.1, 0.15) is 5.82 Å². The Morgan fingerprint density at radius 1 is 1.09 bits per heavy atom. The van der Waals surface area contributed by atoms with Crippen LogP contribution >= 0.6 is 0 Å². The van der Waals surface area contributed by atoms with E-state index in [0.29, 0.717) is 24.9 Å². The molecule has 0 atom stereocenters. The zero-order chi connectivity index (χ0) is 15.4. The molecule has 7 heteroatoms. The summed E-state index contributed by atoms with van der Waals surface area (Å²) in [7, 11) is 0. The van der Waals surface area contributed by atoms with E-state index in [0.717, 1.165) is 25.5 Å². The van der Waals surface area contributed by atoms with Gasteiger partial charge in [-0.2, -0.15) is 4.98 Å². The van der Waals surface area contributed by atoms with E-state index >= 15 is 0 Å². The molecule has 0 bridgehead atoms. The van der Waals surface area contributed by atoms with Crippen LogP contribution in [0.25, 0.3) is 0 Å².